The molecule has 1 unspecified atom stereocenters. The van der Waals surface area contributed by atoms with Crippen LogP contribution in [0.1, 0.15) is 12.8 Å². The molecule has 0 saturated carbocycles. The molecule has 1 atom stereocenters. The van der Waals surface area contributed by atoms with Crippen molar-refractivity contribution < 1.29 is 4.74 Å². The number of allylic oxidation sites excluding steroid dienone is 1. The van der Waals surface area contributed by atoms with Gasteiger partial charge >= 0.3 is 0 Å². The van der Waals surface area contributed by atoms with Crippen LogP contribution in [0.25, 0.3) is 0 Å². The topological polar surface area (TPSA) is 12.5 Å². The first kappa shape index (κ1) is 10.1. The molecule has 0 saturated heterocycles. The average Bonchev–Trinajstić information content (AvgIpc) is 2.19. The van der Waals surface area contributed by atoms with E-state index in [1.54, 1.807) is 6.26 Å². The lowest BCUT2D eigenvalue weighted by atomic mass is 10.2. The van der Waals surface area contributed by atoms with Gasteiger partial charge in [-0.2, -0.15) is 0 Å². The molecule has 0 N–H and O–H groups in total. The molecule has 1 heterocycles. The molecule has 0 amide bonds. The largest absolute Gasteiger partial charge is 0.483 e. The fourth-order valence-corrected chi connectivity index (χ4v) is 1.43. The van der Waals surface area contributed by atoms with Gasteiger partial charge in [-0.15, -0.1) is 13.2 Å². The Kier molecular flexibility index (Phi) is 4.33. The van der Waals surface area contributed by atoms with Gasteiger partial charge in [-0.3, -0.25) is 4.90 Å². The van der Waals surface area contributed by atoms with Gasteiger partial charge in [0.15, 0.2) is 6.23 Å². The standard InChI is InChI=1S/C11H17NO/c1-3-8-12(9-4-2)11-7-5-6-10-13-11/h3-4,6,10-11H,1-2,5,7-9H2. The second-order valence-corrected chi connectivity index (χ2v) is 3.07. The van der Waals surface area contributed by atoms with E-state index in [-0.39, 0.29) is 6.23 Å². The van der Waals surface area contributed by atoms with Gasteiger partial charge in [0.2, 0.25) is 0 Å². The quantitative estimate of drug-likeness (QED) is 0.600. The fraction of sp³-hybridized carbons (Fsp3) is 0.455. The Hall–Kier alpha value is -1.02. The third-order valence-electron chi connectivity index (χ3n) is 2.05. The minimum absolute atomic E-state index is 0.195. The van der Waals surface area contributed by atoms with E-state index < -0.39 is 0 Å². The van der Waals surface area contributed by atoms with Crippen LogP contribution in [0.5, 0.6) is 0 Å². The maximum absolute atomic E-state index is 5.50. The van der Waals surface area contributed by atoms with Crippen LogP contribution in [-0.4, -0.2) is 24.2 Å². The summed E-state index contributed by atoms with van der Waals surface area (Å²) in [6.07, 6.45) is 9.97. The molecule has 0 bridgehead atoms. The summed E-state index contributed by atoms with van der Waals surface area (Å²) in [5, 5.41) is 0. The normalized spacial score (nSPS) is 21.2. The van der Waals surface area contributed by atoms with Crippen LogP contribution in [0, 0.1) is 0 Å². The molecule has 2 heteroatoms. The molecule has 0 aromatic carbocycles. The summed E-state index contributed by atoms with van der Waals surface area (Å²) in [6, 6.07) is 0. The SMILES string of the molecule is C=CCN(CC=C)C1CCC=CO1. The summed E-state index contributed by atoms with van der Waals surface area (Å²) in [5.41, 5.74) is 0. The molecule has 0 aliphatic carbocycles. The van der Waals surface area contributed by atoms with E-state index in [1.165, 1.54) is 0 Å². The Morgan fingerprint density at radius 1 is 1.38 bits per heavy atom. The van der Waals surface area contributed by atoms with Crippen LogP contribution < -0.4 is 0 Å². The molecule has 13 heavy (non-hydrogen) atoms. The van der Waals surface area contributed by atoms with E-state index in [2.05, 4.69) is 24.1 Å². The van der Waals surface area contributed by atoms with Crippen molar-refractivity contribution in [1.29, 1.82) is 0 Å². The number of rotatable bonds is 5. The third kappa shape index (κ3) is 3.07. The highest BCUT2D eigenvalue weighted by Gasteiger charge is 2.17. The number of hydrogen-bond acceptors (Lipinski definition) is 2. The summed E-state index contributed by atoms with van der Waals surface area (Å²) < 4.78 is 5.50. The van der Waals surface area contributed by atoms with Crippen LogP contribution >= 0.6 is 0 Å². The first-order valence-corrected chi connectivity index (χ1v) is 4.64. The molecule has 0 aromatic heterocycles. The van der Waals surface area contributed by atoms with Gasteiger partial charge in [-0.05, 0) is 12.5 Å². The first-order valence-electron chi connectivity index (χ1n) is 4.64. The predicted octanol–water partition coefficient (Wildman–Crippen LogP) is 2.31. The van der Waals surface area contributed by atoms with E-state index in [0.717, 1.165) is 25.9 Å². The lowest BCUT2D eigenvalue weighted by Crippen LogP contribution is -2.37. The Morgan fingerprint density at radius 3 is 2.54 bits per heavy atom. The van der Waals surface area contributed by atoms with Crippen molar-refractivity contribution in [2.24, 2.45) is 0 Å². The molecule has 1 aliphatic rings. The zero-order valence-corrected chi connectivity index (χ0v) is 7.98. The van der Waals surface area contributed by atoms with Gasteiger partial charge in [0.25, 0.3) is 0 Å². The molecular formula is C11H17NO. The molecule has 72 valence electrons. The molecule has 0 spiro atoms. The Morgan fingerprint density at radius 2 is 2.08 bits per heavy atom. The van der Waals surface area contributed by atoms with Crippen molar-refractivity contribution in [2.75, 3.05) is 13.1 Å². The maximum Gasteiger partial charge on any atom is 0.152 e. The maximum atomic E-state index is 5.50. The average molecular weight is 179 g/mol. The van der Waals surface area contributed by atoms with E-state index >= 15 is 0 Å². The van der Waals surface area contributed by atoms with E-state index in [0.29, 0.717) is 0 Å². The molecular weight excluding hydrogens is 162 g/mol. The molecule has 0 aromatic rings. The van der Waals surface area contributed by atoms with Crippen LogP contribution in [0.15, 0.2) is 37.6 Å². The van der Waals surface area contributed by atoms with E-state index in [1.807, 2.05) is 12.2 Å². The van der Waals surface area contributed by atoms with Gasteiger partial charge in [0.05, 0.1) is 6.26 Å². The second-order valence-electron chi connectivity index (χ2n) is 3.07. The van der Waals surface area contributed by atoms with Crippen molar-refractivity contribution >= 4 is 0 Å². The van der Waals surface area contributed by atoms with Crippen molar-refractivity contribution in [3.8, 4) is 0 Å². The molecule has 2 nitrogen and oxygen atoms in total. The summed E-state index contributed by atoms with van der Waals surface area (Å²) >= 11 is 0. The highest BCUT2D eigenvalue weighted by Crippen LogP contribution is 2.14. The molecule has 1 rings (SSSR count). The summed E-state index contributed by atoms with van der Waals surface area (Å²) in [5.74, 6) is 0. The highest BCUT2D eigenvalue weighted by atomic mass is 16.5. The van der Waals surface area contributed by atoms with Crippen molar-refractivity contribution in [1.82, 2.24) is 4.90 Å². The zero-order valence-electron chi connectivity index (χ0n) is 7.98. The molecule has 1 aliphatic heterocycles. The predicted molar refractivity (Wildman–Crippen MR) is 55.2 cm³/mol. The van der Waals surface area contributed by atoms with Crippen LogP contribution in [0.2, 0.25) is 0 Å². The van der Waals surface area contributed by atoms with E-state index in [4.69, 9.17) is 4.74 Å². The van der Waals surface area contributed by atoms with Crippen LogP contribution in [-0.2, 0) is 4.74 Å². The summed E-state index contributed by atoms with van der Waals surface area (Å²) in [7, 11) is 0. The lowest BCUT2D eigenvalue weighted by molar-refractivity contribution is -0.00757. The van der Waals surface area contributed by atoms with Crippen LogP contribution in [0.4, 0.5) is 0 Å². The van der Waals surface area contributed by atoms with Gasteiger partial charge in [0.1, 0.15) is 0 Å². The van der Waals surface area contributed by atoms with Gasteiger partial charge in [-0.1, -0.05) is 12.2 Å². The Bertz CT molecular complexity index is 188. The van der Waals surface area contributed by atoms with Gasteiger partial charge in [0, 0.05) is 19.5 Å². The van der Waals surface area contributed by atoms with Gasteiger partial charge < -0.3 is 4.74 Å². The number of nitrogens with zero attached hydrogens (tertiary/aromatic N) is 1. The summed E-state index contributed by atoms with van der Waals surface area (Å²) in [6.45, 7) is 9.16. The fourth-order valence-electron chi connectivity index (χ4n) is 1.43. The Labute approximate surface area is 80.2 Å². The molecule has 0 fully saturated rings. The van der Waals surface area contributed by atoms with Gasteiger partial charge in [-0.25, -0.2) is 0 Å². The van der Waals surface area contributed by atoms with Crippen molar-refractivity contribution in [2.45, 2.75) is 19.1 Å². The van der Waals surface area contributed by atoms with E-state index in [9.17, 15) is 0 Å². The zero-order chi connectivity index (χ0) is 9.52. The smallest absolute Gasteiger partial charge is 0.152 e. The second kappa shape index (κ2) is 5.60. The third-order valence-corrected chi connectivity index (χ3v) is 2.05. The molecule has 0 radical (unpaired) electrons. The lowest BCUT2D eigenvalue weighted by Gasteiger charge is -2.30. The summed E-state index contributed by atoms with van der Waals surface area (Å²) in [4.78, 5) is 2.21. The first-order chi connectivity index (χ1) is 6.38. The van der Waals surface area contributed by atoms with Crippen LogP contribution in [0.3, 0.4) is 0 Å². The monoisotopic (exact) mass is 179 g/mol. The number of hydrogen-bond donors (Lipinski definition) is 0. The van der Waals surface area contributed by atoms with Crippen molar-refractivity contribution in [3.05, 3.63) is 37.6 Å². The Balaban J connectivity index is 2.46. The minimum Gasteiger partial charge on any atom is -0.483 e. The van der Waals surface area contributed by atoms with Crippen molar-refractivity contribution in [3.63, 3.8) is 0 Å². The number of ether oxygens (including phenoxy) is 1. The minimum atomic E-state index is 0.195. The highest BCUT2D eigenvalue weighted by molar-refractivity contribution is 4.87.